The highest BCUT2D eigenvalue weighted by Gasteiger charge is 2.27. The molecule has 0 N–H and O–H groups in total. The summed E-state index contributed by atoms with van der Waals surface area (Å²) in [7, 11) is 2.14. The molecule has 1 aliphatic carbocycles. The fraction of sp³-hybridized carbons (Fsp3) is 0.207. The van der Waals surface area contributed by atoms with Crippen molar-refractivity contribution in [1.82, 2.24) is 0 Å². The summed E-state index contributed by atoms with van der Waals surface area (Å²) in [5.41, 5.74) is 9.28. The van der Waals surface area contributed by atoms with Crippen LogP contribution in [-0.2, 0) is 13.5 Å². The molecule has 0 aliphatic heterocycles. The number of rotatable bonds is 1. The molecule has 0 radical (unpaired) electrons. The van der Waals surface area contributed by atoms with Crippen molar-refractivity contribution in [2.24, 2.45) is 7.05 Å². The predicted octanol–water partition coefficient (Wildman–Crippen LogP) is 6.97. The van der Waals surface area contributed by atoms with Crippen LogP contribution >= 0.6 is 0 Å². The Balaban J connectivity index is 1.92. The van der Waals surface area contributed by atoms with Gasteiger partial charge in [0, 0.05) is 7.44 Å². The highest BCUT2D eigenvalue weighted by atomic mass is 14.9. The summed E-state index contributed by atoms with van der Waals surface area (Å²) >= 11 is 0. The maximum atomic E-state index is 8.87. The van der Waals surface area contributed by atoms with Gasteiger partial charge in [0.2, 0.25) is 5.52 Å². The van der Waals surface area contributed by atoms with Gasteiger partial charge in [0.15, 0.2) is 6.20 Å². The van der Waals surface area contributed by atoms with Crippen LogP contribution in [0.1, 0.15) is 43.4 Å². The van der Waals surface area contributed by atoms with E-state index >= 15 is 0 Å². The summed E-state index contributed by atoms with van der Waals surface area (Å²) in [5.74, 6) is -0.680. The summed E-state index contributed by atoms with van der Waals surface area (Å²) in [4.78, 5) is 0. The third-order valence-electron chi connectivity index (χ3n) is 6.91. The van der Waals surface area contributed by atoms with Crippen molar-refractivity contribution in [1.29, 1.82) is 0 Å². The van der Waals surface area contributed by atoms with E-state index in [0.29, 0.717) is 0 Å². The minimum Gasteiger partial charge on any atom is -0.200 e. The van der Waals surface area contributed by atoms with Crippen molar-refractivity contribution in [3.05, 3.63) is 89.1 Å². The van der Waals surface area contributed by atoms with Gasteiger partial charge in [0.05, 0.1) is 10.8 Å². The molecule has 1 heteroatoms. The van der Waals surface area contributed by atoms with E-state index in [9.17, 15) is 0 Å². The van der Waals surface area contributed by atoms with Crippen LogP contribution in [0.4, 0.5) is 0 Å². The van der Waals surface area contributed by atoms with Crippen LogP contribution in [0.25, 0.3) is 43.6 Å². The first-order valence-corrected chi connectivity index (χ1v) is 10.7. The zero-order valence-electron chi connectivity index (χ0n) is 19.0. The Labute approximate surface area is 179 Å². The van der Waals surface area contributed by atoms with E-state index in [0.717, 1.165) is 12.0 Å². The molecule has 1 aliphatic rings. The maximum Gasteiger partial charge on any atom is 0.221 e. The predicted molar refractivity (Wildman–Crippen MR) is 127 cm³/mol. The Hall–Kier alpha value is -3.19. The zero-order valence-corrected chi connectivity index (χ0v) is 18.0. The van der Waals surface area contributed by atoms with E-state index in [1.54, 1.807) is 0 Å². The Morgan fingerprint density at radius 2 is 1.60 bits per heavy atom. The largest absolute Gasteiger partial charge is 0.221 e. The van der Waals surface area contributed by atoms with Gasteiger partial charge in [-0.05, 0) is 74.8 Å². The number of aromatic nitrogens is 1. The Bertz CT molecular complexity index is 1550. The van der Waals surface area contributed by atoms with Gasteiger partial charge in [-0.1, -0.05) is 62.4 Å². The summed E-state index contributed by atoms with van der Waals surface area (Å²) in [5, 5.41) is 6.37. The Kier molecular flexibility index (Phi) is 3.40. The van der Waals surface area contributed by atoms with Gasteiger partial charge >= 0.3 is 0 Å². The van der Waals surface area contributed by atoms with Crippen LogP contribution in [0.3, 0.4) is 0 Å². The molecule has 0 atom stereocenters. The van der Waals surface area contributed by atoms with Gasteiger partial charge in [-0.2, -0.15) is 0 Å². The number of nitrogens with zero attached hydrogens (tertiary/aromatic N) is 1. The molecule has 1 heterocycles. The van der Waals surface area contributed by atoms with E-state index in [1.165, 1.54) is 60.3 Å². The van der Waals surface area contributed by atoms with Gasteiger partial charge in [-0.3, -0.25) is 0 Å². The Morgan fingerprint density at radius 3 is 2.40 bits per heavy atom. The minimum absolute atomic E-state index is 0.680. The average molecular weight is 390 g/mol. The van der Waals surface area contributed by atoms with Gasteiger partial charge in [0.1, 0.15) is 7.05 Å². The lowest BCUT2D eigenvalue weighted by Gasteiger charge is -2.17. The molecule has 0 bridgehead atoms. The molecular formula is C29H26N+. The molecule has 0 amide bonds. The lowest BCUT2D eigenvalue weighted by atomic mass is 9.86. The molecule has 1 aromatic heterocycles. The number of hydrogen-bond donors (Lipinski definition) is 0. The second-order valence-electron chi connectivity index (χ2n) is 8.90. The first-order chi connectivity index (χ1) is 14.9. The van der Waals surface area contributed by atoms with E-state index in [-0.39, 0.29) is 0 Å². The molecule has 5 aromatic rings. The fourth-order valence-corrected chi connectivity index (χ4v) is 5.62. The van der Waals surface area contributed by atoms with Crippen molar-refractivity contribution >= 4 is 32.4 Å². The summed E-state index contributed by atoms with van der Waals surface area (Å²) < 4.78 is 11.1. The molecule has 0 saturated heterocycles. The average Bonchev–Trinajstić information content (AvgIpc) is 3.12. The van der Waals surface area contributed by atoms with Crippen LogP contribution in [-0.4, -0.2) is 0 Å². The van der Waals surface area contributed by atoms with E-state index in [1.807, 2.05) is 13.8 Å². The van der Waals surface area contributed by atoms with Crippen LogP contribution in [0, 0.1) is 6.92 Å². The molecule has 30 heavy (non-hydrogen) atoms. The molecule has 1 nitrogen and oxygen atoms in total. The maximum absolute atomic E-state index is 8.87. The van der Waals surface area contributed by atoms with E-state index in [2.05, 4.69) is 85.4 Å². The molecule has 0 spiro atoms. The highest BCUT2D eigenvalue weighted by molar-refractivity contribution is 6.26. The third-order valence-corrected chi connectivity index (χ3v) is 6.91. The van der Waals surface area contributed by atoms with Gasteiger partial charge in [-0.15, -0.1) is 0 Å². The second kappa shape index (κ2) is 6.15. The zero-order chi connectivity index (χ0) is 21.5. The molecule has 146 valence electrons. The molecular weight excluding hydrogens is 362 g/mol. The van der Waals surface area contributed by atoms with E-state index in [4.69, 9.17) is 1.37 Å². The summed E-state index contributed by atoms with van der Waals surface area (Å²) in [6, 6.07) is 22.1. The van der Waals surface area contributed by atoms with Crippen LogP contribution < -0.4 is 4.57 Å². The number of aryl methyl sites for hydroxylation is 2. The SMILES string of the molecule is [2H]C(C)(C)c1cc[n+](C)c2c1c1ccccc1c1cc3c(c(C)c12)-c1ccccc1C3. The number of pyridine rings is 1. The number of benzene rings is 4. The smallest absolute Gasteiger partial charge is 0.200 e. The first-order valence-electron chi connectivity index (χ1n) is 11.2. The normalized spacial score (nSPS) is 13.7. The summed E-state index contributed by atoms with van der Waals surface area (Å²) in [6.07, 6.45) is 3.13. The van der Waals surface area contributed by atoms with Crippen molar-refractivity contribution < 1.29 is 5.94 Å². The second-order valence-corrected chi connectivity index (χ2v) is 8.90. The molecule has 0 saturated carbocycles. The van der Waals surface area contributed by atoms with Crippen LogP contribution in [0.15, 0.2) is 66.9 Å². The lowest BCUT2D eigenvalue weighted by molar-refractivity contribution is -0.644. The highest BCUT2D eigenvalue weighted by Crippen LogP contribution is 2.46. The van der Waals surface area contributed by atoms with Crippen LogP contribution in [0.5, 0.6) is 0 Å². The quantitative estimate of drug-likeness (QED) is 0.211. The van der Waals surface area contributed by atoms with Crippen molar-refractivity contribution in [2.75, 3.05) is 0 Å². The van der Waals surface area contributed by atoms with Crippen LogP contribution in [0.2, 0.25) is 0 Å². The molecule has 6 rings (SSSR count). The Morgan fingerprint density at radius 1 is 0.867 bits per heavy atom. The number of fused-ring (bicyclic) bond motifs is 9. The lowest BCUT2D eigenvalue weighted by Crippen LogP contribution is -2.29. The van der Waals surface area contributed by atoms with Gasteiger partial charge in [-0.25, -0.2) is 4.57 Å². The third kappa shape index (κ3) is 2.21. The van der Waals surface area contributed by atoms with E-state index < -0.39 is 5.89 Å². The number of hydrogen-bond acceptors (Lipinski definition) is 0. The van der Waals surface area contributed by atoms with Crippen molar-refractivity contribution in [3.8, 4) is 11.1 Å². The monoisotopic (exact) mass is 389 g/mol. The van der Waals surface area contributed by atoms with Crippen molar-refractivity contribution in [3.63, 3.8) is 0 Å². The molecule has 0 unspecified atom stereocenters. The van der Waals surface area contributed by atoms with Gasteiger partial charge < -0.3 is 0 Å². The molecule has 0 fully saturated rings. The molecule has 4 aromatic carbocycles. The van der Waals surface area contributed by atoms with Crippen molar-refractivity contribution in [2.45, 2.75) is 33.1 Å². The first kappa shape index (κ1) is 16.6. The van der Waals surface area contributed by atoms with Gasteiger partial charge in [0.25, 0.3) is 0 Å². The standard InChI is InChI=1S/C29H26N/c1-17(2)21-13-14-30(4)29-27-18(3)26-20(15-19-9-5-6-10-22(19)26)16-25(27)23-11-7-8-12-24(23)28(21)29/h5-14,16-17H,15H2,1-4H3/q+1/i17D. The summed E-state index contributed by atoms with van der Waals surface area (Å²) in [6.45, 7) is 6.27. The topological polar surface area (TPSA) is 3.88 Å². The fourth-order valence-electron chi connectivity index (χ4n) is 5.62. The minimum atomic E-state index is -0.680.